The molecule has 0 saturated carbocycles. The molecule has 0 aliphatic heterocycles. The van der Waals surface area contributed by atoms with Crippen LogP contribution in [0.5, 0.6) is 0 Å². The largest absolute Gasteiger partial charge is 0.315 e. The average Bonchev–Trinajstić information content (AvgIpc) is 2.81. The van der Waals surface area contributed by atoms with Crippen LogP contribution in [0.3, 0.4) is 0 Å². The van der Waals surface area contributed by atoms with Crippen LogP contribution in [0.2, 0.25) is 0 Å². The molecule has 1 aromatic rings. The number of unbranched alkanes of at least 4 members (excludes halogenated alkanes) is 2. The maximum atomic E-state index is 3.54. The molecule has 0 aliphatic rings. The highest BCUT2D eigenvalue weighted by Gasteiger charge is 2.08. The summed E-state index contributed by atoms with van der Waals surface area (Å²) in [7, 11) is 2.20. The van der Waals surface area contributed by atoms with Crippen LogP contribution >= 0.6 is 11.3 Å². The van der Waals surface area contributed by atoms with Crippen LogP contribution in [0.15, 0.2) is 16.8 Å². The van der Waals surface area contributed by atoms with Crippen molar-refractivity contribution >= 4 is 11.3 Å². The van der Waals surface area contributed by atoms with Crippen LogP contribution in [0.4, 0.5) is 0 Å². The van der Waals surface area contributed by atoms with Crippen molar-refractivity contribution in [3.05, 3.63) is 22.4 Å². The zero-order chi connectivity index (χ0) is 12.5. The molecule has 98 valence electrons. The number of nitrogens with one attached hydrogen (secondary N) is 1. The molecule has 0 aliphatic carbocycles. The van der Waals surface area contributed by atoms with E-state index < -0.39 is 0 Å². The van der Waals surface area contributed by atoms with Crippen molar-refractivity contribution in [3.63, 3.8) is 0 Å². The number of hydrogen-bond donors (Lipinski definition) is 1. The predicted octanol–water partition coefficient (Wildman–Crippen LogP) is 3.35. The third-order valence-electron chi connectivity index (χ3n) is 3.16. The first-order valence-corrected chi connectivity index (χ1v) is 7.60. The molecule has 1 unspecified atom stereocenters. The van der Waals surface area contributed by atoms with Crippen LogP contribution < -0.4 is 5.32 Å². The van der Waals surface area contributed by atoms with E-state index in [2.05, 4.69) is 47.9 Å². The minimum absolute atomic E-state index is 0.594. The maximum Gasteiger partial charge on any atom is 0.0242 e. The predicted molar refractivity (Wildman–Crippen MR) is 77.6 cm³/mol. The van der Waals surface area contributed by atoms with Crippen LogP contribution in [-0.4, -0.2) is 31.1 Å². The Labute approximate surface area is 110 Å². The highest BCUT2D eigenvalue weighted by Crippen LogP contribution is 2.09. The molecule has 0 spiro atoms. The van der Waals surface area contributed by atoms with Crippen molar-refractivity contribution < 1.29 is 0 Å². The molecule has 1 heterocycles. The second-order valence-corrected chi connectivity index (χ2v) is 5.59. The van der Waals surface area contributed by atoms with Crippen LogP contribution in [0, 0.1) is 0 Å². The summed E-state index contributed by atoms with van der Waals surface area (Å²) in [5, 5.41) is 7.93. The molecular formula is C14H26N2S. The van der Waals surface area contributed by atoms with E-state index in [1.807, 2.05) is 0 Å². The Kier molecular flexibility index (Phi) is 7.49. The van der Waals surface area contributed by atoms with Crippen molar-refractivity contribution in [2.75, 3.05) is 20.1 Å². The van der Waals surface area contributed by atoms with Gasteiger partial charge in [0.2, 0.25) is 0 Å². The molecule has 0 bridgehead atoms. The third kappa shape index (κ3) is 6.20. The van der Waals surface area contributed by atoms with Gasteiger partial charge in [0.25, 0.3) is 0 Å². The first kappa shape index (κ1) is 14.7. The monoisotopic (exact) mass is 254 g/mol. The summed E-state index contributed by atoms with van der Waals surface area (Å²) in [6.07, 6.45) is 3.94. The van der Waals surface area contributed by atoms with Gasteiger partial charge < -0.3 is 5.32 Å². The fourth-order valence-corrected chi connectivity index (χ4v) is 2.45. The van der Waals surface area contributed by atoms with Crippen LogP contribution in [-0.2, 0) is 6.54 Å². The molecule has 0 aromatic carbocycles. The minimum Gasteiger partial charge on any atom is -0.315 e. The highest BCUT2D eigenvalue weighted by molar-refractivity contribution is 7.07. The number of hydrogen-bond acceptors (Lipinski definition) is 3. The zero-order valence-electron chi connectivity index (χ0n) is 11.4. The summed E-state index contributed by atoms with van der Waals surface area (Å²) in [6, 6.07) is 2.80. The SMILES string of the molecule is CCCCCNCC(C)N(C)Cc1ccsc1. The smallest absolute Gasteiger partial charge is 0.0242 e. The lowest BCUT2D eigenvalue weighted by molar-refractivity contribution is 0.243. The summed E-state index contributed by atoms with van der Waals surface area (Å²) in [5.41, 5.74) is 1.43. The summed E-state index contributed by atoms with van der Waals surface area (Å²) < 4.78 is 0. The van der Waals surface area contributed by atoms with E-state index in [4.69, 9.17) is 0 Å². The molecule has 3 heteroatoms. The number of nitrogens with zero attached hydrogens (tertiary/aromatic N) is 1. The zero-order valence-corrected chi connectivity index (χ0v) is 12.2. The van der Waals surface area contributed by atoms with Gasteiger partial charge in [-0.15, -0.1) is 0 Å². The molecule has 1 N–H and O–H groups in total. The van der Waals surface area contributed by atoms with Gasteiger partial charge in [0.1, 0.15) is 0 Å². The Bertz CT molecular complexity index is 272. The van der Waals surface area contributed by atoms with Gasteiger partial charge in [-0.25, -0.2) is 0 Å². The van der Waals surface area contributed by atoms with E-state index in [1.165, 1.54) is 24.8 Å². The number of thiophene rings is 1. The average molecular weight is 254 g/mol. The molecule has 1 aromatic heterocycles. The molecule has 0 radical (unpaired) electrons. The summed E-state index contributed by atoms with van der Waals surface area (Å²) in [4.78, 5) is 2.41. The Morgan fingerprint density at radius 3 is 2.88 bits per heavy atom. The van der Waals surface area contributed by atoms with Crippen molar-refractivity contribution in [1.29, 1.82) is 0 Å². The van der Waals surface area contributed by atoms with Gasteiger partial charge >= 0.3 is 0 Å². The topological polar surface area (TPSA) is 15.3 Å². The minimum atomic E-state index is 0.594. The van der Waals surface area contributed by atoms with Gasteiger partial charge in [-0.1, -0.05) is 19.8 Å². The van der Waals surface area contributed by atoms with Crippen molar-refractivity contribution in [2.45, 2.75) is 45.7 Å². The van der Waals surface area contributed by atoms with Gasteiger partial charge in [0, 0.05) is 19.1 Å². The molecule has 17 heavy (non-hydrogen) atoms. The fourth-order valence-electron chi connectivity index (χ4n) is 1.79. The van der Waals surface area contributed by atoms with Crippen LogP contribution in [0.1, 0.15) is 38.7 Å². The molecular weight excluding hydrogens is 228 g/mol. The Balaban J connectivity index is 2.11. The summed E-state index contributed by atoms with van der Waals surface area (Å²) in [5.74, 6) is 0. The normalized spacial score (nSPS) is 13.2. The van der Waals surface area contributed by atoms with Crippen molar-refractivity contribution in [2.24, 2.45) is 0 Å². The van der Waals surface area contributed by atoms with Gasteiger partial charge in [-0.05, 0) is 49.3 Å². The Hall–Kier alpha value is -0.380. The number of rotatable bonds is 9. The van der Waals surface area contributed by atoms with E-state index in [0.717, 1.165) is 19.6 Å². The van der Waals surface area contributed by atoms with Crippen LogP contribution in [0.25, 0.3) is 0 Å². The Morgan fingerprint density at radius 1 is 1.41 bits per heavy atom. The van der Waals surface area contributed by atoms with Gasteiger partial charge in [0.15, 0.2) is 0 Å². The van der Waals surface area contributed by atoms with Gasteiger partial charge in [-0.2, -0.15) is 11.3 Å². The summed E-state index contributed by atoms with van der Waals surface area (Å²) >= 11 is 1.78. The first-order valence-electron chi connectivity index (χ1n) is 6.66. The Morgan fingerprint density at radius 2 is 2.24 bits per heavy atom. The second kappa shape index (κ2) is 8.67. The molecule has 1 atom stereocenters. The lowest BCUT2D eigenvalue weighted by Crippen LogP contribution is -2.37. The van der Waals surface area contributed by atoms with Gasteiger partial charge in [-0.3, -0.25) is 4.90 Å². The lowest BCUT2D eigenvalue weighted by Gasteiger charge is -2.24. The number of likely N-dealkylation sites (N-methyl/N-ethyl adjacent to an activating group) is 1. The quantitative estimate of drug-likeness (QED) is 0.680. The van der Waals surface area contributed by atoms with Crippen molar-refractivity contribution in [1.82, 2.24) is 10.2 Å². The van der Waals surface area contributed by atoms with E-state index in [1.54, 1.807) is 11.3 Å². The summed E-state index contributed by atoms with van der Waals surface area (Å²) in [6.45, 7) is 7.84. The molecule has 2 nitrogen and oxygen atoms in total. The lowest BCUT2D eigenvalue weighted by atomic mass is 10.2. The standard InChI is InChI=1S/C14H26N2S/c1-4-5-6-8-15-10-13(2)16(3)11-14-7-9-17-12-14/h7,9,12-13,15H,4-6,8,10-11H2,1-3H3. The molecule has 0 amide bonds. The van der Waals surface area contributed by atoms with Crippen molar-refractivity contribution in [3.8, 4) is 0 Å². The van der Waals surface area contributed by atoms with E-state index in [9.17, 15) is 0 Å². The van der Waals surface area contributed by atoms with Gasteiger partial charge in [0.05, 0.1) is 0 Å². The molecule has 1 rings (SSSR count). The molecule has 0 saturated heterocycles. The second-order valence-electron chi connectivity index (χ2n) is 4.81. The van der Waals surface area contributed by atoms with E-state index >= 15 is 0 Å². The maximum absolute atomic E-state index is 3.54. The van der Waals surface area contributed by atoms with E-state index in [-0.39, 0.29) is 0 Å². The first-order chi connectivity index (χ1) is 8.24. The highest BCUT2D eigenvalue weighted by atomic mass is 32.1. The third-order valence-corrected chi connectivity index (χ3v) is 3.89. The fraction of sp³-hybridized carbons (Fsp3) is 0.714. The van der Waals surface area contributed by atoms with E-state index in [0.29, 0.717) is 6.04 Å². The molecule has 0 fully saturated rings.